The smallest absolute Gasteiger partial charge is 0.0490 e. The predicted molar refractivity (Wildman–Crippen MR) is 59.1 cm³/mol. The highest BCUT2D eigenvalue weighted by molar-refractivity contribution is 4.99. The zero-order chi connectivity index (χ0) is 10.2. The van der Waals surface area contributed by atoms with Crippen LogP contribution in [-0.4, -0.2) is 11.7 Å². The Morgan fingerprint density at radius 3 is 2.43 bits per heavy atom. The maximum atomic E-state index is 9.71. The maximum absolute atomic E-state index is 9.71. The molecular formula is C13H24O. The van der Waals surface area contributed by atoms with E-state index in [4.69, 9.17) is 0 Å². The Hall–Kier alpha value is -0.0400. The van der Waals surface area contributed by atoms with Crippen LogP contribution in [0.15, 0.2) is 0 Å². The van der Waals surface area contributed by atoms with Crippen molar-refractivity contribution in [1.82, 2.24) is 0 Å². The summed E-state index contributed by atoms with van der Waals surface area (Å²) in [6.45, 7) is 5.25. The standard InChI is InChI=1S/C13H24O/c1-12(2)7-5-9-13(10-14)8-4-3-6-11(12)13/h11,14H,3-10H2,1-2H3. The van der Waals surface area contributed by atoms with Crippen LogP contribution in [0.5, 0.6) is 0 Å². The Morgan fingerprint density at radius 2 is 1.79 bits per heavy atom. The fourth-order valence-electron chi connectivity index (χ4n) is 4.16. The highest BCUT2D eigenvalue weighted by Gasteiger charge is 2.49. The topological polar surface area (TPSA) is 20.2 Å². The predicted octanol–water partition coefficient (Wildman–Crippen LogP) is 3.37. The van der Waals surface area contributed by atoms with Crippen LogP contribution in [0.1, 0.15) is 58.8 Å². The van der Waals surface area contributed by atoms with E-state index in [-0.39, 0.29) is 0 Å². The van der Waals surface area contributed by atoms with E-state index in [0.29, 0.717) is 17.4 Å². The summed E-state index contributed by atoms with van der Waals surface area (Å²) in [7, 11) is 0. The molecule has 1 N–H and O–H groups in total. The summed E-state index contributed by atoms with van der Waals surface area (Å²) < 4.78 is 0. The Labute approximate surface area is 87.9 Å². The van der Waals surface area contributed by atoms with Crippen LogP contribution in [0.3, 0.4) is 0 Å². The molecule has 0 spiro atoms. The van der Waals surface area contributed by atoms with Gasteiger partial charge in [0, 0.05) is 6.61 Å². The number of rotatable bonds is 1. The van der Waals surface area contributed by atoms with E-state index in [2.05, 4.69) is 13.8 Å². The lowest BCUT2D eigenvalue weighted by Crippen LogP contribution is -2.47. The lowest BCUT2D eigenvalue weighted by atomic mass is 9.51. The minimum atomic E-state index is 0.306. The first-order valence-corrected chi connectivity index (χ1v) is 6.22. The molecule has 0 bridgehead atoms. The molecule has 0 aromatic rings. The lowest BCUT2D eigenvalue weighted by Gasteiger charge is -2.54. The Balaban J connectivity index is 2.24. The monoisotopic (exact) mass is 196 g/mol. The summed E-state index contributed by atoms with van der Waals surface area (Å²) in [5.41, 5.74) is 0.779. The van der Waals surface area contributed by atoms with E-state index >= 15 is 0 Å². The summed E-state index contributed by atoms with van der Waals surface area (Å²) in [6.07, 6.45) is 9.31. The summed E-state index contributed by atoms with van der Waals surface area (Å²) in [4.78, 5) is 0. The van der Waals surface area contributed by atoms with Gasteiger partial charge in [0.05, 0.1) is 0 Å². The fourth-order valence-corrected chi connectivity index (χ4v) is 4.16. The first-order valence-electron chi connectivity index (χ1n) is 6.22. The third-order valence-electron chi connectivity index (χ3n) is 4.91. The lowest BCUT2D eigenvalue weighted by molar-refractivity contribution is -0.0763. The van der Waals surface area contributed by atoms with Crippen LogP contribution < -0.4 is 0 Å². The molecule has 0 radical (unpaired) electrons. The average Bonchev–Trinajstić information content (AvgIpc) is 2.17. The maximum Gasteiger partial charge on any atom is 0.0490 e. The van der Waals surface area contributed by atoms with Crippen molar-refractivity contribution >= 4 is 0 Å². The Kier molecular flexibility index (Phi) is 2.63. The van der Waals surface area contributed by atoms with Crippen molar-refractivity contribution in [3.63, 3.8) is 0 Å². The van der Waals surface area contributed by atoms with E-state index in [1.807, 2.05) is 0 Å². The van der Waals surface area contributed by atoms with E-state index < -0.39 is 0 Å². The van der Waals surface area contributed by atoms with Gasteiger partial charge in [-0.25, -0.2) is 0 Å². The van der Waals surface area contributed by atoms with Crippen LogP contribution in [0.25, 0.3) is 0 Å². The van der Waals surface area contributed by atoms with Crippen molar-refractivity contribution in [2.75, 3.05) is 6.61 Å². The van der Waals surface area contributed by atoms with E-state index in [9.17, 15) is 5.11 Å². The highest BCUT2D eigenvalue weighted by atomic mass is 16.3. The van der Waals surface area contributed by atoms with Gasteiger partial charge < -0.3 is 5.11 Å². The number of hydrogen-bond acceptors (Lipinski definition) is 1. The molecule has 2 aliphatic rings. The van der Waals surface area contributed by atoms with Crippen molar-refractivity contribution in [3.05, 3.63) is 0 Å². The number of aliphatic hydroxyl groups excluding tert-OH is 1. The van der Waals surface area contributed by atoms with Crippen LogP contribution >= 0.6 is 0 Å². The Bertz CT molecular complexity index is 205. The van der Waals surface area contributed by atoms with Gasteiger partial charge in [-0.3, -0.25) is 0 Å². The SMILES string of the molecule is CC1(C)CCCC2(CO)CCCCC12. The minimum absolute atomic E-state index is 0.306. The van der Waals surface area contributed by atoms with Gasteiger partial charge in [-0.1, -0.05) is 33.1 Å². The van der Waals surface area contributed by atoms with Gasteiger partial charge in [-0.05, 0) is 42.4 Å². The van der Waals surface area contributed by atoms with Gasteiger partial charge in [0.25, 0.3) is 0 Å². The van der Waals surface area contributed by atoms with Crippen LogP contribution in [0, 0.1) is 16.7 Å². The van der Waals surface area contributed by atoms with Crippen molar-refractivity contribution in [2.24, 2.45) is 16.7 Å². The molecule has 2 unspecified atom stereocenters. The van der Waals surface area contributed by atoms with Crippen LogP contribution in [0.4, 0.5) is 0 Å². The molecule has 2 atom stereocenters. The molecule has 2 rings (SSSR count). The third kappa shape index (κ3) is 1.50. The summed E-state index contributed by atoms with van der Waals surface area (Å²) in [5.74, 6) is 0.780. The molecule has 0 amide bonds. The zero-order valence-corrected chi connectivity index (χ0v) is 9.68. The van der Waals surface area contributed by atoms with Crippen molar-refractivity contribution in [3.8, 4) is 0 Å². The molecule has 14 heavy (non-hydrogen) atoms. The van der Waals surface area contributed by atoms with Crippen molar-refractivity contribution in [2.45, 2.75) is 58.8 Å². The fraction of sp³-hybridized carbons (Fsp3) is 1.00. The second kappa shape index (κ2) is 3.52. The summed E-state index contributed by atoms with van der Waals surface area (Å²) >= 11 is 0. The number of aliphatic hydroxyl groups is 1. The highest BCUT2D eigenvalue weighted by Crippen LogP contribution is 2.57. The van der Waals surface area contributed by atoms with Gasteiger partial charge in [0.15, 0.2) is 0 Å². The first-order chi connectivity index (χ1) is 6.61. The first kappa shape index (κ1) is 10.5. The normalized spacial score (nSPS) is 41.8. The molecule has 0 heterocycles. The molecular weight excluding hydrogens is 172 g/mol. The van der Waals surface area contributed by atoms with Gasteiger partial charge in [-0.2, -0.15) is 0 Å². The molecule has 2 saturated carbocycles. The average molecular weight is 196 g/mol. The molecule has 1 heteroatoms. The molecule has 0 aromatic heterocycles. The molecule has 0 aliphatic heterocycles. The van der Waals surface area contributed by atoms with Crippen molar-refractivity contribution < 1.29 is 5.11 Å². The number of fused-ring (bicyclic) bond motifs is 1. The molecule has 0 saturated heterocycles. The largest absolute Gasteiger partial charge is 0.396 e. The molecule has 2 aliphatic carbocycles. The van der Waals surface area contributed by atoms with Crippen LogP contribution in [-0.2, 0) is 0 Å². The van der Waals surface area contributed by atoms with Gasteiger partial charge in [-0.15, -0.1) is 0 Å². The minimum Gasteiger partial charge on any atom is -0.396 e. The third-order valence-corrected chi connectivity index (χ3v) is 4.91. The molecule has 82 valence electrons. The van der Waals surface area contributed by atoms with Crippen LogP contribution in [0.2, 0.25) is 0 Å². The zero-order valence-electron chi connectivity index (χ0n) is 9.68. The summed E-state index contributed by atoms with van der Waals surface area (Å²) in [6, 6.07) is 0. The number of hydrogen-bond donors (Lipinski definition) is 1. The van der Waals surface area contributed by atoms with Crippen molar-refractivity contribution in [1.29, 1.82) is 0 Å². The second-order valence-electron chi connectivity index (χ2n) is 6.16. The Morgan fingerprint density at radius 1 is 1.07 bits per heavy atom. The van der Waals surface area contributed by atoms with E-state index in [1.54, 1.807) is 0 Å². The van der Waals surface area contributed by atoms with E-state index in [0.717, 1.165) is 5.92 Å². The van der Waals surface area contributed by atoms with Gasteiger partial charge in [0.2, 0.25) is 0 Å². The summed E-state index contributed by atoms with van der Waals surface area (Å²) in [5, 5.41) is 9.71. The van der Waals surface area contributed by atoms with Gasteiger partial charge in [0.1, 0.15) is 0 Å². The second-order valence-corrected chi connectivity index (χ2v) is 6.16. The molecule has 0 aromatic carbocycles. The molecule has 1 nitrogen and oxygen atoms in total. The molecule has 2 fully saturated rings. The quantitative estimate of drug-likeness (QED) is 0.681. The van der Waals surface area contributed by atoms with Gasteiger partial charge >= 0.3 is 0 Å². The van der Waals surface area contributed by atoms with E-state index in [1.165, 1.54) is 44.9 Å².